The lowest BCUT2D eigenvalue weighted by molar-refractivity contribution is 0.0174. The zero-order chi connectivity index (χ0) is 21.3. The second kappa shape index (κ2) is 8.98. The van der Waals surface area contributed by atoms with Crippen molar-refractivity contribution >= 4 is 21.6 Å². The molecule has 1 fully saturated rings. The summed E-state index contributed by atoms with van der Waals surface area (Å²) in [5.74, 6) is 0.650. The number of rotatable bonds is 9. The number of hydrogen-bond donors (Lipinski definition) is 2. The van der Waals surface area contributed by atoms with Gasteiger partial charge in [-0.25, -0.2) is 4.98 Å². The molecular weight excluding hydrogens is 398 g/mol. The van der Waals surface area contributed by atoms with Gasteiger partial charge in [0.2, 0.25) is 0 Å². The number of thiophene rings is 1. The number of aliphatic hydroxyl groups is 1. The molecule has 2 aromatic heterocycles. The summed E-state index contributed by atoms with van der Waals surface area (Å²) in [6.07, 6.45) is 1.69. The third-order valence-electron chi connectivity index (χ3n) is 5.54. The van der Waals surface area contributed by atoms with E-state index in [9.17, 15) is 9.90 Å². The molecule has 0 spiro atoms. The standard InChI is InChI=1S/C23H29N3O3S/c1-4-29-12-17(27)10-26(16-6-7-16)11-20-24-22(28)21-19(13-30-23(21)25-20)18-8-5-14(2)9-15(18)3/h5,8-9,13,16-17,27H,4,6-7,10-12H2,1-3H3,(H,24,25,28). The average molecular weight is 428 g/mol. The van der Waals surface area contributed by atoms with E-state index in [1.165, 1.54) is 16.9 Å². The van der Waals surface area contributed by atoms with Gasteiger partial charge in [-0.05, 0) is 44.7 Å². The summed E-state index contributed by atoms with van der Waals surface area (Å²) >= 11 is 1.51. The average Bonchev–Trinajstić information content (AvgIpc) is 3.46. The quantitative estimate of drug-likeness (QED) is 0.545. The van der Waals surface area contributed by atoms with Crippen molar-refractivity contribution in [3.8, 4) is 11.1 Å². The molecular formula is C23H29N3O3S. The van der Waals surface area contributed by atoms with Crippen molar-refractivity contribution < 1.29 is 9.84 Å². The van der Waals surface area contributed by atoms with Crippen LogP contribution in [0.5, 0.6) is 0 Å². The predicted octanol–water partition coefficient (Wildman–Crippen LogP) is 3.63. The second-order valence-electron chi connectivity index (χ2n) is 8.13. The Kier molecular flexibility index (Phi) is 6.34. The normalized spacial score (nSPS) is 15.2. The molecule has 6 nitrogen and oxygen atoms in total. The van der Waals surface area contributed by atoms with Crippen LogP contribution in [0.25, 0.3) is 21.3 Å². The predicted molar refractivity (Wildman–Crippen MR) is 121 cm³/mol. The van der Waals surface area contributed by atoms with Crippen LogP contribution >= 0.6 is 11.3 Å². The molecule has 1 saturated carbocycles. The van der Waals surface area contributed by atoms with Crippen LogP contribution in [-0.4, -0.2) is 51.9 Å². The first-order valence-corrected chi connectivity index (χ1v) is 11.4. The minimum Gasteiger partial charge on any atom is -0.389 e. The Morgan fingerprint density at radius 1 is 1.33 bits per heavy atom. The van der Waals surface area contributed by atoms with Gasteiger partial charge in [0.25, 0.3) is 5.56 Å². The molecule has 0 saturated heterocycles. The van der Waals surface area contributed by atoms with Gasteiger partial charge in [0.15, 0.2) is 0 Å². The molecule has 0 amide bonds. The highest BCUT2D eigenvalue weighted by Crippen LogP contribution is 2.33. The molecule has 0 aliphatic heterocycles. The number of benzene rings is 1. The van der Waals surface area contributed by atoms with Crippen LogP contribution in [0.2, 0.25) is 0 Å². The van der Waals surface area contributed by atoms with E-state index in [1.807, 2.05) is 12.3 Å². The lowest BCUT2D eigenvalue weighted by Crippen LogP contribution is -2.37. The van der Waals surface area contributed by atoms with E-state index in [-0.39, 0.29) is 5.56 Å². The highest BCUT2D eigenvalue weighted by Gasteiger charge is 2.31. The number of fused-ring (bicyclic) bond motifs is 1. The van der Waals surface area contributed by atoms with Crippen LogP contribution in [0.15, 0.2) is 28.4 Å². The van der Waals surface area contributed by atoms with Gasteiger partial charge in [-0.1, -0.05) is 23.8 Å². The molecule has 1 unspecified atom stereocenters. The molecule has 30 heavy (non-hydrogen) atoms. The molecule has 1 atom stereocenters. The Morgan fingerprint density at radius 3 is 2.83 bits per heavy atom. The largest absolute Gasteiger partial charge is 0.389 e. The number of nitrogens with one attached hydrogen (secondary N) is 1. The van der Waals surface area contributed by atoms with Crippen molar-refractivity contribution in [2.24, 2.45) is 0 Å². The number of nitrogens with zero attached hydrogens (tertiary/aromatic N) is 2. The fourth-order valence-corrected chi connectivity index (χ4v) is 4.89. The molecule has 2 N–H and O–H groups in total. The van der Waals surface area contributed by atoms with Crippen molar-refractivity contribution in [2.75, 3.05) is 19.8 Å². The maximum Gasteiger partial charge on any atom is 0.260 e. The molecule has 2 heterocycles. The summed E-state index contributed by atoms with van der Waals surface area (Å²) in [5.41, 5.74) is 4.28. The van der Waals surface area contributed by atoms with E-state index in [2.05, 4.69) is 41.9 Å². The maximum atomic E-state index is 13.0. The summed E-state index contributed by atoms with van der Waals surface area (Å²) in [5, 5.41) is 12.9. The third kappa shape index (κ3) is 4.64. The van der Waals surface area contributed by atoms with E-state index < -0.39 is 6.10 Å². The van der Waals surface area contributed by atoms with E-state index in [1.54, 1.807) is 0 Å². The van der Waals surface area contributed by atoms with Gasteiger partial charge in [-0.15, -0.1) is 11.3 Å². The summed E-state index contributed by atoms with van der Waals surface area (Å²) < 4.78 is 5.34. The van der Waals surface area contributed by atoms with Gasteiger partial charge in [-0.3, -0.25) is 9.69 Å². The minimum atomic E-state index is -0.543. The molecule has 0 radical (unpaired) electrons. The van der Waals surface area contributed by atoms with Crippen molar-refractivity contribution in [2.45, 2.75) is 52.3 Å². The van der Waals surface area contributed by atoms with Crippen LogP contribution < -0.4 is 5.56 Å². The van der Waals surface area contributed by atoms with Gasteiger partial charge in [0, 0.05) is 30.1 Å². The molecule has 4 rings (SSSR count). The van der Waals surface area contributed by atoms with Crippen molar-refractivity contribution in [3.05, 3.63) is 50.9 Å². The highest BCUT2D eigenvalue weighted by molar-refractivity contribution is 7.17. The number of ether oxygens (including phenoxy) is 1. The zero-order valence-corrected chi connectivity index (χ0v) is 18.6. The van der Waals surface area contributed by atoms with Gasteiger partial charge in [-0.2, -0.15) is 0 Å². The summed E-state index contributed by atoms with van der Waals surface area (Å²) in [6, 6.07) is 6.73. The highest BCUT2D eigenvalue weighted by atomic mass is 32.1. The molecule has 1 aromatic carbocycles. The number of aryl methyl sites for hydroxylation is 2. The first kappa shape index (κ1) is 21.2. The van der Waals surface area contributed by atoms with Gasteiger partial charge < -0.3 is 14.8 Å². The summed E-state index contributed by atoms with van der Waals surface area (Å²) in [6.45, 7) is 8.02. The Balaban J connectivity index is 1.60. The van der Waals surface area contributed by atoms with Gasteiger partial charge in [0.05, 0.1) is 24.6 Å². The van der Waals surface area contributed by atoms with E-state index in [0.29, 0.717) is 43.6 Å². The van der Waals surface area contributed by atoms with Crippen LogP contribution in [0.1, 0.15) is 36.7 Å². The Bertz CT molecular complexity index is 1090. The topological polar surface area (TPSA) is 78.5 Å². The van der Waals surface area contributed by atoms with Crippen molar-refractivity contribution in [1.29, 1.82) is 0 Å². The number of aromatic nitrogens is 2. The molecule has 3 aromatic rings. The number of H-pyrrole nitrogens is 1. The molecule has 1 aliphatic carbocycles. The smallest absolute Gasteiger partial charge is 0.260 e. The molecule has 1 aliphatic rings. The number of aromatic amines is 1. The van der Waals surface area contributed by atoms with Crippen LogP contribution in [0.3, 0.4) is 0 Å². The monoisotopic (exact) mass is 427 g/mol. The fraction of sp³-hybridized carbons (Fsp3) is 0.478. The van der Waals surface area contributed by atoms with Gasteiger partial charge >= 0.3 is 0 Å². The lowest BCUT2D eigenvalue weighted by Gasteiger charge is -2.24. The minimum absolute atomic E-state index is 0.100. The molecule has 7 heteroatoms. The van der Waals surface area contributed by atoms with Gasteiger partial charge in [0.1, 0.15) is 10.7 Å². The van der Waals surface area contributed by atoms with Crippen LogP contribution in [0, 0.1) is 13.8 Å². The molecule has 0 bridgehead atoms. The molecule has 160 valence electrons. The van der Waals surface area contributed by atoms with E-state index >= 15 is 0 Å². The Hall–Kier alpha value is -2.06. The third-order valence-corrected chi connectivity index (χ3v) is 6.41. The first-order valence-electron chi connectivity index (χ1n) is 10.5. The number of hydrogen-bond acceptors (Lipinski definition) is 6. The SMILES string of the molecule is CCOCC(O)CN(Cc1nc2scc(-c3ccc(C)cc3C)c2c(=O)[nH]1)C1CC1. The van der Waals surface area contributed by atoms with E-state index in [4.69, 9.17) is 9.72 Å². The van der Waals surface area contributed by atoms with Crippen molar-refractivity contribution in [1.82, 2.24) is 14.9 Å². The first-order chi connectivity index (χ1) is 14.5. The second-order valence-corrected chi connectivity index (χ2v) is 8.99. The number of aliphatic hydroxyl groups excluding tert-OH is 1. The summed E-state index contributed by atoms with van der Waals surface area (Å²) in [4.78, 5) is 23.7. The van der Waals surface area contributed by atoms with Crippen molar-refractivity contribution in [3.63, 3.8) is 0 Å². The Morgan fingerprint density at radius 2 is 2.13 bits per heavy atom. The van der Waals surface area contributed by atoms with Crippen LogP contribution in [0.4, 0.5) is 0 Å². The fourth-order valence-electron chi connectivity index (χ4n) is 3.93. The summed E-state index contributed by atoms with van der Waals surface area (Å²) in [7, 11) is 0. The van der Waals surface area contributed by atoms with Crippen LogP contribution in [-0.2, 0) is 11.3 Å². The lowest BCUT2D eigenvalue weighted by atomic mass is 9.99. The van der Waals surface area contributed by atoms with E-state index in [0.717, 1.165) is 34.4 Å². The zero-order valence-electron chi connectivity index (χ0n) is 17.8. The Labute approximate surface area is 180 Å². The maximum absolute atomic E-state index is 13.0.